The van der Waals surface area contributed by atoms with Gasteiger partial charge >= 0.3 is 0 Å². The summed E-state index contributed by atoms with van der Waals surface area (Å²) in [5.41, 5.74) is 7.39. The van der Waals surface area contributed by atoms with E-state index in [9.17, 15) is 5.21 Å². The standard InChI is InChI=1S/C6H8N2O.HI/c7-5-2-1-3-6(4-5)8-9;/h1-4H,7-8H2;1H/p-1. The van der Waals surface area contributed by atoms with E-state index < -0.39 is 0 Å². The lowest BCUT2D eigenvalue weighted by Crippen LogP contribution is -3.00. The van der Waals surface area contributed by atoms with Crippen LogP contribution in [0.1, 0.15) is 0 Å². The Kier molecular flexibility index (Phi) is 4.33. The molecule has 0 aliphatic rings. The van der Waals surface area contributed by atoms with Crippen molar-refractivity contribution in [2.24, 2.45) is 0 Å². The van der Waals surface area contributed by atoms with Crippen LogP contribution in [0.15, 0.2) is 24.3 Å². The molecular weight excluding hydrogens is 243 g/mol. The monoisotopic (exact) mass is 251 g/mol. The average Bonchev–Trinajstić information content (AvgIpc) is 1.88. The van der Waals surface area contributed by atoms with Gasteiger partial charge in [0.1, 0.15) is 5.69 Å². The van der Waals surface area contributed by atoms with E-state index in [-0.39, 0.29) is 24.0 Å². The smallest absolute Gasteiger partial charge is 0.131 e. The molecule has 0 saturated heterocycles. The molecule has 1 aromatic carbocycles. The Hall–Kier alpha value is -0.330. The first-order valence-corrected chi connectivity index (χ1v) is 2.63. The van der Waals surface area contributed by atoms with Crippen molar-refractivity contribution >= 4 is 11.4 Å². The summed E-state index contributed by atoms with van der Waals surface area (Å²) >= 11 is 0. The van der Waals surface area contributed by atoms with Crippen LogP contribution < -0.4 is 35.2 Å². The molecule has 0 atom stereocenters. The molecule has 4 N–H and O–H groups in total. The molecule has 0 aromatic heterocycles. The van der Waals surface area contributed by atoms with Gasteiger partial charge in [-0.15, -0.1) is 0 Å². The van der Waals surface area contributed by atoms with Crippen LogP contribution in [0.25, 0.3) is 0 Å². The zero-order chi connectivity index (χ0) is 6.69. The van der Waals surface area contributed by atoms with E-state index in [1.807, 2.05) is 0 Å². The Morgan fingerprint density at radius 2 is 2.10 bits per heavy atom. The van der Waals surface area contributed by atoms with Gasteiger partial charge in [-0.3, -0.25) is 0 Å². The molecule has 56 valence electrons. The molecule has 0 spiro atoms. The van der Waals surface area contributed by atoms with E-state index in [0.717, 1.165) is 5.48 Å². The fourth-order valence-corrected chi connectivity index (χ4v) is 0.632. The number of nitrogens with two attached hydrogens (primary N) is 2. The van der Waals surface area contributed by atoms with Gasteiger partial charge < -0.3 is 40.4 Å². The summed E-state index contributed by atoms with van der Waals surface area (Å²) in [7, 11) is 0. The number of nitrogen functional groups attached to an aromatic ring is 1. The number of benzene rings is 1. The largest absolute Gasteiger partial charge is 1.00 e. The summed E-state index contributed by atoms with van der Waals surface area (Å²) in [6.07, 6.45) is 0. The fourth-order valence-electron chi connectivity index (χ4n) is 0.632. The summed E-state index contributed by atoms with van der Waals surface area (Å²) in [6.45, 7) is 0. The van der Waals surface area contributed by atoms with E-state index in [1.54, 1.807) is 24.3 Å². The van der Waals surface area contributed by atoms with Crippen LogP contribution in [0, 0.1) is 5.21 Å². The molecule has 0 unspecified atom stereocenters. The number of hydrogen-bond acceptors (Lipinski definition) is 2. The molecule has 1 aromatic rings. The number of hydrogen-bond donors (Lipinski definition) is 2. The van der Waals surface area contributed by atoms with Gasteiger partial charge in [0.15, 0.2) is 0 Å². The van der Waals surface area contributed by atoms with Crippen molar-refractivity contribution in [1.82, 2.24) is 0 Å². The molecule has 0 bridgehead atoms. The second-order valence-corrected chi connectivity index (χ2v) is 1.79. The summed E-state index contributed by atoms with van der Waals surface area (Å²) < 4.78 is 0. The van der Waals surface area contributed by atoms with Crippen molar-refractivity contribution in [3.05, 3.63) is 29.5 Å². The van der Waals surface area contributed by atoms with Crippen LogP contribution in [-0.2, 0) is 0 Å². The fraction of sp³-hybridized carbons (Fsp3) is 0. The maximum atomic E-state index is 10.1. The molecule has 0 aliphatic carbocycles. The lowest BCUT2D eigenvalue weighted by Gasteiger charge is -1.99. The lowest BCUT2D eigenvalue weighted by molar-refractivity contribution is -0.497. The minimum absolute atomic E-state index is 0. The van der Waals surface area contributed by atoms with Gasteiger partial charge in [0, 0.05) is 11.8 Å². The van der Waals surface area contributed by atoms with Gasteiger partial charge in [-0.05, 0) is 12.1 Å². The molecule has 0 heterocycles. The Morgan fingerprint density at radius 3 is 2.50 bits per heavy atom. The quantitative estimate of drug-likeness (QED) is 0.317. The highest BCUT2D eigenvalue weighted by Crippen LogP contribution is 2.05. The molecule has 10 heavy (non-hydrogen) atoms. The third kappa shape index (κ3) is 2.51. The second-order valence-electron chi connectivity index (χ2n) is 1.79. The normalized spacial score (nSPS) is 8.50. The van der Waals surface area contributed by atoms with Gasteiger partial charge in [-0.25, -0.2) is 0 Å². The molecular formula is C6H8IN2O-. The topological polar surface area (TPSA) is 65.7 Å². The molecule has 1 rings (SSSR count). The SMILES string of the molecule is Nc1cccc([NH2+][O-])c1.[I-]. The lowest BCUT2D eigenvalue weighted by atomic mass is 10.3. The highest BCUT2D eigenvalue weighted by molar-refractivity contribution is 5.46. The summed E-state index contributed by atoms with van der Waals surface area (Å²) in [6, 6.07) is 6.84. The maximum Gasteiger partial charge on any atom is 0.131 e. The van der Waals surface area contributed by atoms with Gasteiger partial charge in [0.2, 0.25) is 0 Å². The minimum Gasteiger partial charge on any atom is -1.00 e. The van der Waals surface area contributed by atoms with Gasteiger partial charge in [0.05, 0.1) is 0 Å². The van der Waals surface area contributed by atoms with E-state index in [4.69, 9.17) is 5.73 Å². The Balaban J connectivity index is 0.000000810. The Bertz CT molecular complexity index is 205. The van der Waals surface area contributed by atoms with E-state index in [1.165, 1.54) is 0 Å². The van der Waals surface area contributed by atoms with Crippen molar-refractivity contribution in [2.45, 2.75) is 0 Å². The van der Waals surface area contributed by atoms with Crippen LogP contribution in [0.4, 0.5) is 11.4 Å². The van der Waals surface area contributed by atoms with E-state index in [0.29, 0.717) is 11.4 Å². The summed E-state index contributed by atoms with van der Waals surface area (Å²) in [5.74, 6) is 0. The van der Waals surface area contributed by atoms with Crippen LogP contribution in [0.5, 0.6) is 0 Å². The van der Waals surface area contributed by atoms with Crippen LogP contribution >= 0.6 is 0 Å². The highest BCUT2D eigenvalue weighted by Gasteiger charge is 1.87. The van der Waals surface area contributed by atoms with E-state index >= 15 is 0 Å². The zero-order valence-electron chi connectivity index (χ0n) is 5.25. The molecule has 0 radical (unpaired) electrons. The van der Waals surface area contributed by atoms with Crippen LogP contribution in [0.2, 0.25) is 0 Å². The average molecular weight is 251 g/mol. The third-order valence-electron chi connectivity index (χ3n) is 1.05. The molecule has 0 aliphatic heterocycles. The van der Waals surface area contributed by atoms with Crippen molar-refractivity contribution in [1.29, 1.82) is 0 Å². The molecule has 0 fully saturated rings. The summed E-state index contributed by atoms with van der Waals surface area (Å²) in [4.78, 5) is 0. The van der Waals surface area contributed by atoms with Crippen molar-refractivity contribution in [2.75, 3.05) is 5.73 Å². The highest BCUT2D eigenvalue weighted by atomic mass is 127. The number of anilines is 1. The summed E-state index contributed by atoms with van der Waals surface area (Å²) in [5, 5.41) is 10.1. The Morgan fingerprint density at radius 1 is 1.40 bits per heavy atom. The van der Waals surface area contributed by atoms with Crippen LogP contribution in [0.3, 0.4) is 0 Å². The molecule has 0 saturated carbocycles. The number of halogens is 1. The van der Waals surface area contributed by atoms with Crippen LogP contribution in [-0.4, -0.2) is 0 Å². The third-order valence-corrected chi connectivity index (χ3v) is 1.05. The predicted molar refractivity (Wildman–Crippen MR) is 35.8 cm³/mol. The number of quaternary nitrogens is 1. The van der Waals surface area contributed by atoms with Gasteiger partial charge in [-0.2, -0.15) is 0 Å². The molecule has 0 amide bonds. The molecule has 4 heteroatoms. The number of rotatable bonds is 1. The van der Waals surface area contributed by atoms with Gasteiger partial charge in [0.25, 0.3) is 0 Å². The second kappa shape index (κ2) is 4.48. The van der Waals surface area contributed by atoms with Crippen molar-refractivity contribution in [3.8, 4) is 0 Å². The first-order chi connectivity index (χ1) is 4.33. The zero-order valence-corrected chi connectivity index (χ0v) is 7.41. The molecule has 3 nitrogen and oxygen atoms in total. The first kappa shape index (κ1) is 9.67. The van der Waals surface area contributed by atoms with Gasteiger partial charge in [-0.1, -0.05) is 6.07 Å². The van der Waals surface area contributed by atoms with E-state index in [2.05, 4.69) is 0 Å². The van der Waals surface area contributed by atoms with Crippen molar-refractivity contribution in [3.63, 3.8) is 0 Å². The maximum absolute atomic E-state index is 10.1. The van der Waals surface area contributed by atoms with Crippen molar-refractivity contribution < 1.29 is 29.5 Å². The first-order valence-electron chi connectivity index (χ1n) is 2.63. The minimum atomic E-state index is 0. The Labute approximate surface area is 76.2 Å². The predicted octanol–water partition coefficient (Wildman–Crippen LogP) is -3.03.